The molecule has 1 atom stereocenters. The van der Waals surface area contributed by atoms with Crippen molar-refractivity contribution < 1.29 is 17.6 Å². The number of nitrogens with zero attached hydrogens (tertiary/aromatic N) is 4. The molecule has 0 aliphatic carbocycles. The molecule has 1 amide bonds. The minimum Gasteiger partial charge on any atom is -0.326 e. The number of hydrogen-bond donors (Lipinski definition) is 1. The number of carbonyl (C=O) groups excluding carboxylic acids is 1. The molecule has 1 N–H and O–H groups in total. The smallest absolute Gasteiger partial charge is 0.243 e. The minimum atomic E-state index is -3.79. The van der Waals surface area contributed by atoms with E-state index in [0.29, 0.717) is 25.1 Å². The Morgan fingerprint density at radius 3 is 2.49 bits per heavy atom. The largest absolute Gasteiger partial charge is 0.326 e. The number of anilines is 1. The number of rotatable bonds is 5. The third-order valence-electron chi connectivity index (χ3n) is 6.73. The number of halogens is 1. The van der Waals surface area contributed by atoms with E-state index in [2.05, 4.69) is 20.1 Å². The molecule has 2 aliphatic rings. The number of benzene rings is 2. The second kappa shape index (κ2) is 9.87. The second-order valence-corrected chi connectivity index (χ2v) is 11.1. The maximum atomic E-state index is 13.2. The van der Waals surface area contributed by atoms with Gasteiger partial charge in [0.1, 0.15) is 11.6 Å². The predicted octanol–water partition coefficient (Wildman–Crippen LogP) is 3.85. The lowest BCUT2D eigenvalue weighted by Crippen LogP contribution is -2.43. The summed E-state index contributed by atoms with van der Waals surface area (Å²) in [6.45, 7) is 1.34. The van der Waals surface area contributed by atoms with E-state index in [9.17, 15) is 17.6 Å². The van der Waals surface area contributed by atoms with Crippen LogP contribution in [0.4, 0.5) is 10.1 Å². The van der Waals surface area contributed by atoms with Gasteiger partial charge < -0.3 is 9.88 Å². The SMILES string of the molecule is O=C(Nc1ccc(-c2nnc3n2CCCCC3)cc1)[C@H]1CCCN(S(=O)(=O)c2ccc(F)cc2)C1. The van der Waals surface area contributed by atoms with Crippen molar-refractivity contribution >= 4 is 21.6 Å². The highest BCUT2D eigenvalue weighted by atomic mass is 32.2. The number of piperidine rings is 1. The van der Waals surface area contributed by atoms with Crippen LogP contribution >= 0.6 is 0 Å². The molecule has 0 unspecified atom stereocenters. The monoisotopic (exact) mass is 497 g/mol. The van der Waals surface area contributed by atoms with Crippen molar-refractivity contribution in [3.05, 3.63) is 60.2 Å². The summed E-state index contributed by atoms with van der Waals surface area (Å²) < 4.78 is 42.6. The topological polar surface area (TPSA) is 97.2 Å². The van der Waals surface area contributed by atoms with Crippen LogP contribution in [0.5, 0.6) is 0 Å². The highest BCUT2D eigenvalue weighted by molar-refractivity contribution is 7.89. The molecule has 0 saturated carbocycles. The molecule has 5 rings (SSSR count). The number of aryl methyl sites for hydroxylation is 1. The Kier molecular flexibility index (Phi) is 6.66. The van der Waals surface area contributed by atoms with Gasteiger partial charge in [0.15, 0.2) is 5.82 Å². The van der Waals surface area contributed by atoms with E-state index in [-0.39, 0.29) is 17.3 Å². The number of sulfonamides is 1. The van der Waals surface area contributed by atoms with Crippen LogP contribution in [0, 0.1) is 11.7 Å². The fourth-order valence-electron chi connectivity index (χ4n) is 4.78. The number of hydrogen-bond acceptors (Lipinski definition) is 5. The molecule has 3 aromatic rings. The van der Waals surface area contributed by atoms with Gasteiger partial charge in [-0.1, -0.05) is 6.42 Å². The lowest BCUT2D eigenvalue weighted by Gasteiger charge is -2.31. The Morgan fingerprint density at radius 2 is 1.71 bits per heavy atom. The first-order valence-corrected chi connectivity index (χ1v) is 13.4. The molecule has 1 fully saturated rings. The molecule has 184 valence electrons. The number of nitrogens with one attached hydrogen (secondary N) is 1. The normalized spacial score (nSPS) is 19.1. The van der Waals surface area contributed by atoms with Crippen LogP contribution in [0.25, 0.3) is 11.4 Å². The van der Waals surface area contributed by atoms with Crippen molar-refractivity contribution in [1.29, 1.82) is 0 Å². The van der Waals surface area contributed by atoms with Crippen LogP contribution in [-0.2, 0) is 27.8 Å². The number of aromatic nitrogens is 3. The van der Waals surface area contributed by atoms with Crippen molar-refractivity contribution in [2.24, 2.45) is 5.92 Å². The molecule has 0 bridgehead atoms. The lowest BCUT2D eigenvalue weighted by atomic mass is 9.98. The predicted molar refractivity (Wildman–Crippen MR) is 130 cm³/mol. The standard InChI is InChI=1S/C25H28FN5O3S/c26-20-9-13-22(14-10-20)35(33,34)30-15-4-5-19(17-30)25(32)27-21-11-7-18(8-12-21)24-29-28-23-6-2-1-3-16-31(23)24/h7-14,19H,1-6,15-17H2,(H,27,32)/t19-/m0/s1. The summed E-state index contributed by atoms with van der Waals surface area (Å²) in [5.41, 5.74) is 1.59. The molecule has 2 aromatic carbocycles. The van der Waals surface area contributed by atoms with Gasteiger partial charge in [-0.25, -0.2) is 12.8 Å². The highest BCUT2D eigenvalue weighted by Crippen LogP contribution is 2.27. The Hall–Kier alpha value is -3.11. The van der Waals surface area contributed by atoms with Crippen molar-refractivity contribution in [3.63, 3.8) is 0 Å². The summed E-state index contributed by atoms with van der Waals surface area (Å²) in [5.74, 6) is 0.685. The van der Waals surface area contributed by atoms with Crippen LogP contribution in [0.2, 0.25) is 0 Å². The molecule has 35 heavy (non-hydrogen) atoms. The Morgan fingerprint density at radius 1 is 0.943 bits per heavy atom. The van der Waals surface area contributed by atoms with Crippen molar-refractivity contribution in [3.8, 4) is 11.4 Å². The summed E-state index contributed by atoms with van der Waals surface area (Å²) >= 11 is 0. The van der Waals surface area contributed by atoms with Gasteiger partial charge in [0.2, 0.25) is 15.9 Å². The maximum Gasteiger partial charge on any atom is 0.243 e. The highest BCUT2D eigenvalue weighted by Gasteiger charge is 2.33. The van der Waals surface area contributed by atoms with Crippen molar-refractivity contribution in [2.45, 2.75) is 50.0 Å². The van der Waals surface area contributed by atoms with Gasteiger partial charge in [-0.3, -0.25) is 4.79 Å². The molecule has 3 heterocycles. The fourth-order valence-corrected chi connectivity index (χ4v) is 6.30. The second-order valence-electron chi connectivity index (χ2n) is 9.12. The summed E-state index contributed by atoms with van der Waals surface area (Å²) in [7, 11) is -3.79. The first-order valence-electron chi connectivity index (χ1n) is 12.0. The molecule has 2 aliphatic heterocycles. The van der Waals surface area contributed by atoms with Crippen LogP contribution in [0.15, 0.2) is 53.4 Å². The summed E-state index contributed by atoms with van der Waals surface area (Å²) in [4.78, 5) is 13.0. The maximum absolute atomic E-state index is 13.2. The van der Waals surface area contributed by atoms with E-state index in [1.165, 1.54) is 22.9 Å². The quantitative estimate of drug-likeness (QED) is 0.578. The van der Waals surface area contributed by atoms with Crippen LogP contribution in [0.3, 0.4) is 0 Å². The van der Waals surface area contributed by atoms with Gasteiger partial charge in [0.25, 0.3) is 0 Å². The van der Waals surface area contributed by atoms with E-state index in [0.717, 1.165) is 55.2 Å². The number of carbonyl (C=O) groups is 1. The van der Waals surface area contributed by atoms with Crippen molar-refractivity contribution in [1.82, 2.24) is 19.1 Å². The number of amides is 1. The molecule has 0 spiro atoms. The molecular weight excluding hydrogens is 469 g/mol. The summed E-state index contributed by atoms with van der Waals surface area (Å²) in [6, 6.07) is 12.3. The van der Waals surface area contributed by atoms with E-state index in [1.807, 2.05) is 24.3 Å². The van der Waals surface area contributed by atoms with E-state index >= 15 is 0 Å². The minimum absolute atomic E-state index is 0.0296. The third-order valence-corrected chi connectivity index (χ3v) is 8.61. The molecule has 8 nitrogen and oxygen atoms in total. The van der Waals surface area contributed by atoms with Gasteiger partial charge >= 0.3 is 0 Å². The van der Waals surface area contributed by atoms with Crippen LogP contribution in [-0.4, -0.2) is 46.5 Å². The molecule has 1 aromatic heterocycles. The zero-order valence-electron chi connectivity index (χ0n) is 19.4. The molecule has 1 saturated heterocycles. The van der Waals surface area contributed by atoms with Gasteiger partial charge in [0, 0.05) is 37.3 Å². The van der Waals surface area contributed by atoms with Gasteiger partial charge in [-0.05, 0) is 74.2 Å². The van der Waals surface area contributed by atoms with E-state index in [1.54, 1.807) is 0 Å². The average molecular weight is 498 g/mol. The first kappa shape index (κ1) is 23.6. The Labute approximate surface area is 204 Å². The summed E-state index contributed by atoms with van der Waals surface area (Å²) in [5, 5.41) is 11.6. The zero-order chi connectivity index (χ0) is 24.4. The number of fused-ring (bicyclic) bond motifs is 1. The Balaban J connectivity index is 1.25. The first-order chi connectivity index (χ1) is 16.9. The van der Waals surface area contributed by atoms with Crippen LogP contribution in [0.1, 0.15) is 37.9 Å². The van der Waals surface area contributed by atoms with Gasteiger partial charge in [0.05, 0.1) is 10.8 Å². The average Bonchev–Trinajstić information content (AvgIpc) is 3.12. The van der Waals surface area contributed by atoms with Crippen molar-refractivity contribution in [2.75, 3.05) is 18.4 Å². The van der Waals surface area contributed by atoms with E-state index in [4.69, 9.17) is 0 Å². The lowest BCUT2D eigenvalue weighted by molar-refractivity contribution is -0.120. The zero-order valence-corrected chi connectivity index (χ0v) is 20.2. The molecule has 10 heteroatoms. The van der Waals surface area contributed by atoms with Gasteiger partial charge in [-0.15, -0.1) is 10.2 Å². The third kappa shape index (κ3) is 4.99. The Bertz CT molecular complexity index is 1310. The van der Waals surface area contributed by atoms with Crippen LogP contribution < -0.4 is 5.32 Å². The summed E-state index contributed by atoms with van der Waals surface area (Å²) in [6.07, 6.45) is 5.56. The van der Waals surface area contributed by atoms with E-state index < -0.39 is 21.8 Å². The fraction of sp³-hybridized carbons (Fsp3) is 0.400. The van der Waals surface area contributed by atoms with Gasteiger partial charge in [-0.2, -0.15) is 4.31 Å². The molecule has 0 radical (unpaired) electrons. The molecular formula is C25H28FN5O3S.